The summed E-state index contributed by atoms with van der Waals surface area (Å²) in [7, 11) is 0. The van der Waals surface area contributed by atoms with Crippen molar-refractivity contribution in [1.82, 2.24) is 9.55 Å². The number of nitrogens with zero attached hydrogens (tertiary/aromatic N) is 1. The highest BCUT2D eigenvalue weighted by molar-refractivity contribution is 7.71. The molecular weight excluding hydrogens is 206 g/mol. The summed E-state index contributed by atoms with van der Waals surface area (Å²) >= 11 is 5.17. The largest absolute Gasteiger partial charge is 0.332 e. The fourth-order valence-electron chi connectivity index (χ4n) is 1.53. The lowest BCUT2D eigenvalue weighted by molar-refractivity contribution is 0.726. The molecule has 2 N–H and O–H groups in total. The van der Waals surface area contributed by atoms with Crippen molar-refractivity contribution in [1.29, 1.82) is 5.41 Å². The number of aromatic nitrogens is 2. The van der Waals surface area contributed by atoms with E-state index in [2.05, 4.69) is 11.6 Å². The molecule has 1 heterocycles. The summed E-state index contributed by atoms with van der Waals surface area (Å²) in [6.45, 7) is 4.21. The Morgan fingerprint density at radius 3 is 2.93 bits per heavy atom. The molecule has 0 bridgehead atoms. The van der Waals surface area contributed by atoms with Gasteiger partial charge in [0.05, 0.1) is 5.52 Å². The van der Waals surface area contributed by atoms with E-state index in [9.17, 15) is 0 Å². The first-order chi connectivity index (χ1) is 7.24. The lowest BCUT2D eigenvalue weighted by Crippen LogP contribution is -2.21. The number of H-pyrrole nitrogens is 1. The molecule has 0 saturated carbocycles. The van der Waals surface area contributed by atoms with Crippen LogP contribution in [-0.2, 0) is 6.54 Å². The molecule has 0 atom stereocenters. The van der Waals surface area contributed by atoms with Crippen molar-refractivity contribution >= 4 is 23.1 Å². The second-order valence-corrected chi connectivity index (χ2v) is 3.61. The molecule has 3 nitrogen and oxygen atoms in total. The molecule has 0 spiro atoms. The smallest absolute Gasteiger partial charge is 0.179 e. The summed E-state index contributed by atoms with van der Waals surface area (Å²) in [4.78, 5) is 3.09. The van der Waals surface area contributed by atoms with Crippen LogP contribution in [0.5, 0.6) is 0 Å². The number of hydrogen-bond acceptors (Lipinski definition) is 2. The zero-order valence-electron chi connectivity index (χ0n) is 8.16. The van der Waals surface area contributed by atoms with Crippen LogP contribution in [0.2, 0.25) is 0 Å². The van der Waals surface area contributed by atoms with Crippen LogP contribution in [0.3, 0.4) is 0 Å². The van der Waals surface area contributed by atoms with Gasteiger partial charge < -0.3 is 4.98 Å². The number of nitrogens with one attached hydrogen (secondary N) is 2. The number of rotatable bonds is 2. The zero-order chi connectivity index (χ0) is 10.8. The van der Waals surface area contributed by atoms with Crippen LogP contribution in [0, 0.1) is 10.2 Å². The Labute approximate surface area is 92.2 Å². The number of allylic oxidation sites excluding steroid dienone is 1. The van der Waals surface area contributed by atoms with Crippen LogP contribution >= 0.6 is 12.2 Å². The van der Waals surface area contributed by atoms with E-state index in [4.69, 9.17) is 17.6 Å². The van der Waals surface area contributed by atoms with Gasteiger partial charge >= 0.3 is 0 Å². The molecule has 1 aromatic heterocycles. The molecule has 0 unspecified atom stereocenters. The Balaban J connectivity index is 2.90. The van der Waals surface area contributed by atoms with Crippen LogP contribution in [0.15, 0.2) is 36.9 Å². The topological polar surface area (TPSA) is 44.6 Å². The Hall–Kier alpha value is -1.68. The molecule has 2 aromatic rings. The molecule has 1 aromatic carbocycles. The van der Waals surface area contributed by atoms with Crippen LogP contribution < -0.4 is 5.49 Å². The van der Waals surface area contributed by atoms with Crippen molar-refractivity contribution in [3.8, 4) is 0 Å². The van der Waals surface area contributed by atoms with E-state index >= 15 is 0 Å². The van der Waals surface area contributed by atoms with Gasteiger partial charge in [-0.25, -0.2) is 0 Å². The molecule has 0 saturated heterocycles. The van der Waals surface area contributed by atoms with Gasteiger partial charge in [-0.3, -0.25) is 9.98 Å². The minimum atomic E-state index is 0.425. The fourth-order valence-corrected chi connectivity index (χ4v) is 1.81. The second kappa shape index (κ2) is 3.82. The quantitative estimate of drug-likeness (QED) is 0.588. The molecule has 0 aliphatic carbocycles. The van der Waals surface area contributed by atoms with Gasteiger partial charge in [-0.05, 0) is 24.4 Å². The first kappa shape index (κ1) is 9.86. The molecule has 2 rings (SSSR count). The maximum atomic E-state index is 8.01. The van der Waals surface area contributed by atoms with Crippen LogP contribution in [0.1, 0.15) is 0 Å². The van der Waals surface area contributed by atoms with Crippen LogP contribution in [0.4, 0.5) is 0 Å². The van der Waals surface area contributed by atoms with Gasteiger partial charge in [0.25, 0.3) is 0 Å². The van der Waals surface area contributed by atoms with Gasteiger partial charge in [-0.2, -0.15) is 0 Å². The third-order valence-electron chi connectivity index (χ3n) is 2.25. The van der Waals surface area contributed by atoms with Crippen molar-refractivity contribution in [2.75, 3.05) is 0 Å². The molecule has 76 valence electrons. The van der Waals surface area contributed by atoms with E-state index < -0.39 is 0 Å². The zero-order valence-corrected chi connectivity index (χ0v) is 8.97. The highest BCUT2D eigenvalue weighted by Gasteiger charge is 1.99. The van der Waals surface area contributed by atoms with Crippen molar-refractivity contribution in [2.24, 2.45) is 0 Å². The van der Waals surface area contributed by atoms with Gasteiger partial charge in [0.2, 0.25) is 0 Å². The van der Waals surface area contributed by atoms with Gasteiger partial charge in [0.15, 0.2) is 4.77 Å². The van der Waals surface area contributed by atoms with Crippen LogP contribution in [0.25, 0.3) is 10.9 Å². The van der Waals surface area contributed by atoms with Crippen molar-refractivity contribution in [3.05, 3.63) is 47.2 Å². The molecule has 0 aliphatic heterocycles. The predicted octanol–water partition coefficient (Wildman–Crippen LogP) is 2.36. The third kappa shape index (κ3) is 1.64. The average Bonchev–Trinajstić information content (AvgIpc) is 2.24. The number of hydrogen-bond donors (Lipinski definition) is 2. The van der Waals surface area contributed by atoms with E-state index in [1.165, 1.54) is 0 Å². The number of benzene rings is 1. The monoisotopic (exact) mass is 217 g/mol. The molecule has 4 heteroatoms. The summed E-state index contributed by atoms with van der Waals surface area (Å²) < 4.78 is 2.27. The van der Waals surface area contributed by atoms with E-state index in [-0.39, 0.29) is 0 Å². The minimum Gasteiger partial charge on any atom is -0.332 e. The number of aromatic amines is 1. The number of para-hydroxylation sites is 1. The van der Waals surface area contributed by atoms with Crippen molar-refractivity contribution in [2.45, 2.75) is 6.54 Å². The Bertz CT molecular complexity index is 622. The maximum absolute atomic E-state index is 8.01. The highest BCUT2D eigenvalue weighted by atomic mass is 32.1. The molecule has 0 radical (unpaired) electrons. The lowest BCUT2D eigenvalue weighted by Gasteiger charge is -2.06. The first-order valence-corrected chi connectivity index (χ1v) is 5.02. The summed E-state index contributed by atoms with van der Waals surface area (Å²) in [5.74, 6) is 0. The highest BCUT2D eigenvalue weighted by Crippen LogP contribution is 2.05. The van der Waals surface area contributed by atoms with Gasteiger partial charge in [0, 0.05) is 11.9 Å². The minimum absolute atomic E-state index is 0.425. The van der Waals surface area contributed by atoms with Crippen LogP contribution in [-0.4, -0.2) is 9.55 Å². The lowest BCUT2D eigenvalue weighted by atomic mass is 10.2. The van der Waals surface area contributed by atoms with Gasteiger partial charge in [-0.15, -0.1) is 6.58 Å². The van der Waals surface area contributed by atoms with E-state index in [0.29, 0.717) is 16.8 Å². The predicted molar refractivity (Wildman–Crippen MR) is 63.2 cm³/mol. The molecular formula is C11H11N3S. The second-order valence-electron chi connectivity index (χ2n) is 3.22. The van der Waals surface area contributed by atoms with Crippen molar-refractivity contribution < 1.29 is 0 Å². The van der Waals surface area contributed by atoms with E-state index in [1.807, 2.05) is 24.3 Å². The Morgan fingerprint density at radius 1 is 1.47 bits per heavy atom. The molecule has 0 fully saturated rings. The molecule has 15 heavy (non-hydrogen) atoms. The summed E-state index contributed by atoms with van der Waals surface area (Å²) in [5.41, 5.74) is 1.32. The van der Waals surface area contributed by atoms with Crippen molar-refractivity contribution in [3.63, 3.8) is 0 Å². The SMILES string of the molecule is C=CCn1c(=S)[nH]c2ccccc2c1=N. The Morgan fingerprint density at radius 2 is 2.20 bits per heavy atom. The summed E-state index contributed by atoms with van der Waals surface area (Å²) in [6, 6.07) is 7.66. The van der Waals surface area contributed by atoms with E-state index in [0.717, 1.165) is 10.9 Å². The molecule has 0 amide bonds. The fraction of sp³-hybridized carbons (Fsp3) is 0.0909. The average molecular weight is 217 g/mol. The third-order valence-corrected chi connectivity index (χ3v) is 2.57. The number of fused-ring (bicyclic) bond motifs is 1. The normalized spacial score (nSPS) is 10.4. The first-order valence-electron chi connectivity index (χ1n) is 4.61. The summed E-state index contributed by atoms with van der Waals surface area (Å²) in [6.07, 6.45) is 1.73. The van der Waals surface area contributed by atoms with Gasteiger partial charge in [-0.1, -0.05) is 18.2 Å². The van der Waals surface area contributed by atoms with Gasteiger partial charge in [0.1, 0.15) is 5.49 Å². The Kier molecular flexibility index (Phi) is 2.51. The summed E-state index contributed by atoms with van der Waals surface area (Å²) in [5, 5.41) is 8.88. The van der Waals surface area contributed by atoms with E-state index in [1.54, 1.807) is 10.6 Å². The maximum Gasteiger partial charge on any atom is 0.179 e. The molecule has 0 aliphatic rings. The standard InChI is InChI=1S/C11H11N3S/c1-2-7-14-10(12)8-5-3-4-6-9(8)13-11(14)15/h2-6,12H,1,7H2,(H,13,15).